The molecule has 0 saturated carbocycles. The van der Waals surface area contributed by atoms with Crippen LogP contribution in [0.3, 0.4) is 0 Å². The fraction of sp³-hybridized carbons (Fsp3) is 0.263. The van der Waals surface area contributed by atoms with E-state index < -0.39 is 18.0 Å². The normalized spacial score (nSPS) is 13.6. The van der Waals surface area contributed by atoms with Gasteiger partial charge in [-0.15, -0.1) is 13.2 Å². The third-order valence-corrected chi connectivity index (χ3v) is 5.43. The summed E-state index contributed by atoms with van der Waals surface area (Å²) in [6, 6.07) is 6.28. The molecule has 1 N–H and O–H groups in total. The number of anilines is 1. The number of fused-ring (bicyclic) bond motifs is 1. The maximum absolute atomic E-state index is 12.7. The third-order valence-electron chi connectivity index (χ3n) is 4.43. The van der Waals surface area contributed by atoms with Gasteiger partial charge in [-0.05, 0) is 31.2 Å². The van der Waals surface area contributed by atoms with Crippen LogP contribution in [0.4, 0.5) is 18.3 Å². The molecule has 0 fully saturated rings. The van der Waals surface area contributed by atoms with E-state index in [4.69, 9.17) is 4.52 Å². The van der Waals surface area contributed by atoms with Crippen molar-refractivity contribution in [2.45, 2.75) is 26.3 Å². The number of nitrogens with one attached hydrogen (secondary N) is 1. The summed E-state index contributed by atoms with van der Waals surface area (Å²) in [5, 5.41) is 6.71. The largest absolute Gasteiger partial charge is 0.573 e. The molecule has 0 radical (unpaired) electrons. The van der Waals surface area contributed by atoms with Crippen molar-refractivity contribution in [3.8, 4) is 5.75 Å². The fourth-order valence-corrected chi connectivity index (χ4v) is 4.06. The molecular formula is C19H15F3N4O4S. The number of aryl methyl sites for hydroxylation is 1. The molecule has 0 aliphatic carbocycles. The molecule has 0 saturated heterocycles. The summed E-state index contributed by atoms with van der Waals surface area (Å²) in [4.78, 5) is 31.7. The Morgan fingerprint density at radius 2 is 2.00 bits per heavy atom. The molecule has 0 spiro atoms. The lowest BCUT2D eigenvalue weighted by Gasteiger charge is -2.26. The van der Waals surface area contributed by atoms with Crippen LogP contribution in [0.15, 0.2) is 34.9 Å². The van der Waals surface area contributed by atoms with Crippen LogP contribution in [0.25, 0.3) is 0 Å². The standard InChI is InChI=1S/C19H15F3N4O4S/c1-10-8-14(25-30-10)16(27)24-18-23-13-6-7-26(9-15(13)31-18)17(28)11-2-4-12(5-3-11)29-19(20,21)22/h2-5,8H,6-7,9H2,1H3,(H,23,24,27). The lowest BCUT2D eigenvalue weighted by atomic mass is 10.1. The number of nitrogens with zero attached hydrogens (tertiary/aromatic N) is 3. The van der Waals surface area contributed by atoms with Gasteiger partial charge in [0.25, 0.3) is 11.8 Å². The molecule has 0 unspecified atom stereocenters. The number of ether oxygens (including phenoxy) is 1. The minimum atomic E-state index is -4.79. The Balaban J connectivity index is 1.41. The summed E-state index contributed by atoms with van der Waals surface area (Å²) >= 11 is 1.25. The maximum atomic E-state index is 12.7. The second-order valence-electron chi connectivity index (χ2n) is 6.71. The zero-order chi connectivity index (χ0) is 22.2. The van der Waals surface area contributed by atoms with Gasteiger partial charge < -0.3 is 14.2 Å². The zero-order valence-corrected chi connectivity index (χ0v) is 16.8. The molecule has 0 atom stereocenters. The first-order valence-corrected chi connectivity index (χ1v) is 9.88. The number of halogens is 3. The molecule has 31 heavy (non-hydrogen) atoms. The van der Waals surface area contributed by atoms with Gasteiger partial charge in [0.15, 0.2) is 10.8 Å². The second-order valence-corrected chi connectivity index (χ2v) is 7.80. The van der Waals surface area contributed by atoms with Gasteiger partial charge in [0.2, 0.25) is 0 Å². The van der Waals surface area contributed by atoms with Gasteiger partial charge in [-0.25, -0.2) is 4.98 Å². The van der Waals surface area contributed by atoms with Gasteiger partial charge >= 0.3 is 6.36 Å². The number of carbonyl (C=O) groups excluding carboxylic acids is 2. The smallest absolute Gasteiger partial charge is 0.406 e. The van der Waals surface area contributed by atoms with Gasteiger partial charge in [0.1, 0.15) is 11.5 Å². The van der Waals surface area contributed by atoms with Crippen molar-refractivity contribution in [2.24, 2.45) is 0 Å². The molecule has 1 aromatic carbocycles. The highest BCUT2D eigenvalue weighted by atomic mass is 32.1. The zero-order valence-electron chi connectivity index (χ0n) is 16.0. The average Bonchev–Trinajstić information content (AvgIpc) is 3.31. The quantitative estimate of drug-likeness (QED) is 0.647. The van der Waals surface area contributed by atoms with Crippen molar-refractivity contribution < 1.29 is 32.0 Å². The monoisotopic (exact) mass is 452 g/mol. The summed E-state index contributed by atoms with van der Waals surface area (Å²) in [6.45, 7) is 2.35. The van der Waals surface area contributed by atoms with Crippen molar-refractivity contribution in [1.82, 2.24) is 15.0 Å². The molecule has 3 heterocycles. The fourth-order valence-electron chi connectivity index (χ4n) is 3.04. The van der Waals surface area contributed by atoms with Gasteiger partial charge in [-0.3, -0.25) is 14.9 Å². The minimum absolute atomic E-state index is 0.139. The first kappa shape index (κ1) is 20.8. The Labute approximate surface area is 177 Å². The van der Waals surface area contributed by atoms with Gasteiger partial charge in [0, 0.05) is 29.5 Å². The summed E-state index contributed by atoms with van der Waals surface area (Å²) in [7, 11) is 0. The van der Waals surface area contributed by atoms with E-state index in [0.29, 0.717) is 23.9 Å². The molecule has 4 rings (SSSR count). The van der Waals surface area contributed by atoms with E-state index in [1.54, 1.807) is 11.8 Å². The van der Waals surface area contributed by atoms with E-state index in [0.717, 1.165) is 22.7 Å². The van der Waals surface area contributed by atoms with E-state index in [9.17, 15) is 22.8 Å². The number of aromatic nitrogens is 2. The highest BCUT2D eigenvalue weighted by Crippen LogP contribution is 2.30. The topological polar surface area (TPSA) is 97.6 Å². The number of thiazole rings is 1. The van der Waals surface area contributed by atoms with E-state index in [1.165, 1.54) is 29.5 Å². The molecule has 1 aliphatic rings. The molecule has 2 aromatic heterocycles. The van der Waals surface area contributed by atoms with E-state index in [2.05, 4.69) is 20.2 Å². The van der Waals surface area contributed by atoms with Crippen LogP contribution < -0.4 is 10.1 Å². The van der Waals surface area contributed by atoms with Crippen LogP contribution in [0.2, 0.25) is 0 Å². The number of carbonyl (C=O) groups is 2. The van der Waals surface area contributed by atoms with E-state index in [-0.39, 0.29) is 23.7 Å². The number of rotatable bonds is 4. The van der Waals surface area contributed by atoms with Crippen LogP contribution in [0.1, 0.15) is 37.2 Å². The van der Waals surface area contributed by atoms with Crippen LogP contribution in [0, 0.1) is 6.92 Å². The Bertz CT molecular complexity index is 1120. The first-order valence-electron chi connectivity index (χ1n) is 9.06. The van der Waals surface area contributed by atoms with Crippen molar-refractivity contribution in [2.75, 3.05) is 11.9 Å². The van der Waals surface area contributed by atoms with Crippen molar-refractivity contribution in [3.05, 3.63) is 57.9 Å². The summed E-state index contributed by atoms with van der Waals surface area (Å²) in [6.07, 6.45) is -4.30. The van der Waals surface area contributed by atoms with Crippen LogP contribution in [-0.2, 0) is 13.0 Å². The average molecular weight is 452 g/mol. The predicted octanol–water partition coefficient (Wildman–Crippen LogP) is 3.79. The van der Waals surface area contributed by atoms with E-state index in [1.807, 2.05) is 0 Å². The molecule has 1 aliphatic heterocycles. The first-order chi connectivity index (χ1) is 14.7. The van der Waals surface area contributed by atoms with Gasteiger partial charge in [-0.1, -0.05) is 16.5 Å². The number of amides is 2. The van der Waals surface area contributed by atoms with Crippen molar-refractivity contribution >= 4 is 28.3 Å². The molecular weight excluding hydrogens is 437 g/mol. The maximum Gasteiger partial charge on any atom is 0.573 e. The third kappa shape index (κ3) is 4.85. The number of hydrogen-bond acceptors (Lipinski definition) is 7. The van der Waals surface area contributed by atoms with Crippen LogP contribution in [-0.4, -0.2) is 39.8 Å². The van der Waals surface area contributed by atoms with Gasteiger partial charge in [-0.2, -0.15) is 0 Å². The summed E-state index contributed by atoms with van der Waals surface area (Å²) in [5.74, 6) is -0.649. The molecule has 0 bridgehead atoms. The Morgan fingerprint density at radius 3 is 2.65 bits per heavy atom. The summed E-state index contributed by atoms with van der Waals surface area (Å²) < 4.78 is 45.5. The molecule has 2 amide bonds. The Kier molecular flexibility index (Phi) is 5.39. The van der Waals surface area contributed by atoms with Crippen LogP contribution in [0.5, 0.6) is 5.75 Å². The number of benzene rings is 1. The van der Waals surface area contributed by atoms with Crippen LogP contribution >= 0.6 is 11.3 Å². The lowest BCUT2D eigenvalue weighted by Crippen LogP contribution is -2.35. The SMILES string of the molecule is Cc1cc(C(=O)Nc2nc3c(s2)CN(C(=O)c2ccc(OC(F)(F)F)cc2)CC3)no1. The lowest BCUT2D eigenvalue weighted by molar-refractivity contribution is -0.274. The van der Waals surface area contributed by atoms with E-state index >= 15 is 0 Å². The predicted molar refractivity (Wildman–Crippen MR) is 103 cm³/mol. The highest BCUT2D eigenvalue weighted by Gasteiger charge is 2.31. The van der Waals surface area contributed by atoms with Gasteiger partial charge in [0.05, 0.1) is 12.2 Å². The number of alkyl halides is 3. The Hall–Kier alpha value is -3.41. The molecule has 3 aromatic rings. The van der Waals surface area contributed by atoms with Crippen molar-refractivity contribution in [1.29, 1.82) is 0 Å². The van der Waals surface area contributed by atoms with Crippen molar-refractivity contribution in [3.63, 3.8) is 0 Å². The second kappa shape index (κ2) is 8.02. The highest BCUT2D eigenvalue weighted by molar-refractivity contribution is 7.15. The summed E-state index contributed by atoms with van der Waals surface area (Å²) in [5.41, 5.74) is 1.17. The molecule has 12 heteroatoms. The number of hydrogen-bond donors (Lipinski definition) is 1. The molecule has 8 nitrogen and oxygen atoms in total. The Morgan fingerprint density at radius 1 is 1.26 bits per heavy atom. The minimum Gasteiger partial charge on any atom is -0.406 e. The molecule has 162 valence electrons.